The Morgan fingerprint density at radius 1 is 1.39 bits per heavy atom. The summed E-state index contributed by atoms with van der Waals surface area (Å²) in [6.45, 7) is 2.79. The summed E-state index contributed by atoms with van der Waals surface area (Å²) in [5.74, 6) is 1.04. The zero-order valence-electron chi connectivity index (χ0n) is 13.0. The molecule has 4 rings (SSSR count). The largest absolute Gasteiger partial charge is 0.330 e. The van der Waals surface area contributed by atoms with E-state index in [0.29, 0.717) is 5.56 Å². The van der Waals surface area contributed by atoms with Gasteiger partial charge in [0.05, 0.1) is 17.3 Å². The summed E-state index contributed by atoms with van der Waals surface area (Å²) in [7, 11) is 0. The van der Waals surface area contributed by atoms with Crippen molar-refractivity contribution in [1.82, 2.24) is 19.3 Å². The Hall–Kier alpha value is -2.21. The Morgan fingerprint density at radius 3 is 3.13 bits per heavy atom. The molecular weight excluding hydrogens is 308 g/mol. The van der Waals surface area contributed by atoms with Crippen molar-refractivity contribution in [2.45, 2.75) is 32.2 Å². The predicted octanol–water partition coefficient (Wildman–Crippen LogP) is 3.47. The van der Waals surface area contributed by atoms with Crippen LogP contribution in [0.3, 0.4) is 0 Å². The number of hydrogen-bond donors (Lipinski definition) is 0. The average Bonchev–Trinajstić information content (AvgIpc) is 3.19. The Bertz CT molecular complexity index is 839. The van der Waals surface area contributed by atoms with Crippen molar-refractivity contribution in [2.75, 3.05) is 6.54 Å². The maximum absolute atomic E-state index is 12.9. The first-order valence-corrected chi connectivity index (χ1v) is 8.76. The number of carbonyl (C=O) groups is 1. The lowest BCUT2D eigenvalue weighted by Gasteiger charge is -2.34. The van der Waals surface area contributed by atoms with E-state index < -0.39 is 0 Å². The van der Waals surface area contributed by atoms with Crippen molar-refractivity contribution in [2.24, 2.45) is 0 Å². The molecule has 0 radical (unpaired) electrons. The first kappa shape index (κ1) is 14.4. The second kappa shape index (κ2) is 5.77. The van der Waals surface area contributed by atoms with Gasteiger partial charge < -0.3 is 4.90 Å². The molecule has 118 valence electrons. The molecular formula is C17H18N4OS. The van der Waals surface area contributed by atoms with Crippen molar-refractivity contribution in [1.29, 1.82) is 0 Å². The third kappa shape index (κ3) is 2.43. The van der Waals surface area contributed by atoms with Crippen LogP contribution in [0, 0.1) is 6.92 Å². The second-order valence-electron chi connectivity index (χ2n) is 5.87. The van der Waals surface area contributed by atoms with Crippen LogP contribution in [-0.4, -0.2) is 31.7 Å². The number of nitrogens with zero attached hydrogens (tertiary/aromatic N) is 4. The van der Waals surface area contributed by atoms with E-state index in [1.165, 1.54) is 0 Å². The van der Waals surface area contributed by atoms with E-state index in [9.17, 15) is 4.79 Å². The summed E-state index contributed by atoms with van der Waals surface area (Å²) in [6.07, 6.45) is 8.53. The van der Waals surface area contributed by atoms with E-state index in [-0.39, 0.29) is 11.9 Å². The Labute approximate surface area is 138 Å². The Balaban J connectivity index is 1.73. The van der Waals surface area contributed by atoms with E-state index >= 15 is 0 Å². The number of rotatable bonds is 2. The molecule has 3 aromatic heterocycles. The van der Waals surface area contributed by atoms with Gasteiger partial charge in [0.1, 0.15) is 10.7 Å². The molecule has 0 spiro atoms. The molecule has 0 aromatic carbocycles. The molecule has 1 atom stereocenters. The molecule has 1 amide bonds. The molecule has 5 nitrogen and oxygen atoms in total. The molecule has 0 N–H and O–H groups in total. The summed E-state index contributed by atoms with van der Waals surface area (Å²) >= 11 is 1.69. The fourth-order valence-corrected chi connectivity index (χ4v) is 4.25. The van der Waals surface area contributed by atoms with Gasteiger partial charge in [0.15, 0.2) is 0 Å². The van der Waals surface area contributed by atoms with Crippen molar-refractivity contribution in [3.05, 3.63) is 53.2 Å². The number of piperidine rings is 1. The first-order chi connectivity index (χ1) is 11.3. The number of thiazole rings is 1. The molecule has 1 aliphatic heterocycles. The van der Waals surface area contributed by atoms with Gasteiger partial charge in [-0.2, -0.15) is 0 Å². The SMILES string of the molecule is Cc1nc([C@H]2CCCCN2C(=O)c2cccnc2)c2sccn12. The molecule has 23 heavy (non-hydrogen) atoms. The smallest absolute Gasteiger partial charge is 0.255 e. The fourth-order valence-electron chi connectivity index (χ4n) is 3.33. The average molecular weight is 326 g/mol. The van der Waals surface area contributed by atoms with E-state index in [0.717, 1.165) is 42.2 Å². The minimum absolute atomic E-state index is 0.0539. The summed E-state index contributed by atoms with van der Waals surface area (Å²) in [5.41, 5.74) is 1.69. The van der Waals surface area contributed by atoms with Gasteiger partial charge >= 0.3 is 0 Å². The standard InChI is InChI=1S/C17H18N4OS/c1-12-19-15(17-20(12)9-10-23-17)14-6-2-3-8-21(14)16(22)13-5-4-7-18-11-13/h4-5,7,9-11,14H,2-3,6,8H2,1H3/t14-/m1/s1. The molecule has 0 bridgehead atoms. The zero-order chi connectivity index (χ0) is 15.8. The van der Waals surface area contributed by atoms with Crippen LogP contribution in [0.15, 0.2) is 36.1 Å². The second-order valence-corrected chi connectivity index (χ2v) is 6.77. The molecule has 4 heterocycles. The molecule has 1 fully saturated rings. The number of hydrogen-bond acceptors (Lipinski definition) is 4. The number of likely N-dealkylation sites (tertiary alicyclic amines) is 1. The van der Waals surface area contributed by atoms with Crippen molar-refractivity contribution < 1.29 is 4.79 Å². The van der Waals surface area contributed by atoms with Crippen LogP contribution in [0.5, 0.6) is 0 Å². The third-order valence-corrected chi connectivity index (χ3v) is 5.33. The summed E-state index contributed by atoms with van der Waals surface area (Å²) in [6, 6.07) is 3.70. The summed E-state index contributed by atoms with van der Waals surface area (Å²) in [4.78, 5) is 24.9. The monoisotopic (exact) mass is 326 g/mol. The minimum atomic E-state index is 0.0539. The van der Waals surface area contributed by atoms with Crippen LogP contribution in [0.1, 0.15) is 47.2 Å². The molecule has 0 unspecified atom stereocenters. The maximum atomic E-state index is 12.9. The van der Waals surface area contributed by atoms with E-state index in [4.69, 9.17) is 4.98 Å². The van der Waals surface area contributed by atoms with Crippen molar-refractivity contribution >= 4 is 22.1 Å². The van der Waals surface area contributed by atoms with Gasteiger partial charge in [0, 0.05) is 30.5 Å². The predicted molar refractivity (Wildman–Crippen MR) is 89.7 cm³/mol. The highest BCUT2D eigenvalue weighted by Gasteiger charge is 2.32. The van der Waals surface area contributed by atoms with Gasteiger partial charge in [-0.25, -0.2) is 4.98 Å². The number of aromatic nitrogens is 3. The number of amides is 1. The van der Waals surface area contributed by atoms with E-state index in [1.807, 2.05) is 30.2 Å². The van der Waals surface area contributed by atoms with Crippen LogP contribution in [0.4, 0.5) is 0 Å². The van der Waals surface area contributed by atoms with Crippen LogP contribution in [0.2, 0.25) is 0 Å². The lowest BCUT2D eigenvalue weighted by atomic mass is 9.99. The quantitative estimate of drug-likeness (QED) is 0.724. The fraction of sp³-hybridized carbons (Fsp3) is 0.353. The van der Waals surface area contributed by atoms with Gasteiger partial charge in [0.25, 0.3) is 5.91 Å². The summed E-state index contributed by atoms with van der Waals surface area (Å²) < 4.78 is 2.11. The third-order valence-electron chi connectivity index (χ3n) is 4.45. The van der Waals surface area contributed by atoms with Crippen LogP contribution in [0.25, 0.3) is 4.83 Å². The normalized spacial score (nSPS) is 18.5. The zero-order valence-corrected chi connectivity index (χ0v) is 13.8. The molecule has 0 aliphatic carbocycles. The molecule has 0 saturated carbocycles. The topological polar surface area (TPSA) is 50.5 Å². The number of imidazole rings is 1. The number of fused-ring (bicyclic) bond motifs is 1. The Morgan fingerprint density at radius 2 is 2.30 bits per heavy atom. The molecule has 3 aromatic rings. The van der Waals surface area contributed by atoms with Crippen molar-refractivity contribution in [3.8, 4) is 0 Å². The van der Waals surface area contributed by atoms with Gasteiger partial charge in [-0.3, -0.25) is 14.2 Å². The molecule has 6 heteroatoms. The van der Waals surface area contributed by atoms with E-state index in [2.05, 4.69) is 14.8 Å². The van der Waals surface area contributed by atoms with Crippen LogP contribution in [-0.2, 0) is 0 Å². The van der Waals surface area contributed by atoms with E-state index in [1.54, 1.807) is 23.7 Å². The van der Waals surface area contributed by atoms with Gasteiger partial charge in [-0.1, -0.05) is 0 Å². The van der Waals surface area contributed by atoms with Gasteiger partial charge in [-0.15, -0.1) is 11.3 Å². The molecule has 1 saturated heterocycles. The highest BCUT2D eigenvalue weighted by atomic mass is 32.1. The summed E-state index contributed by atoms with van der Waals surface area (Å²) in [5, 5.41) is 2.07. The highest BCUT2D eigenvalue weighted by molar-refractivity contribution is 7.15. The lowest BCUT2D eigenvalue weighted by molar-refractivity contribution is 0.0608. The minimum Gasteiger partial charge on any atom is -0.330 e. The lowest BCUT2D eigenvalue weighted by Crippen LogP contribution is -2.38. The van der Waals surface area contributed by atoms with Gasteiger partial charge in [-0.05, 0) is 38.3 Å². The maximum Gasteiger partial charge on any atom is 0.255 e. The van der Waals surface area contributed by atoms with Crippen molar-refractivity contribution in [3.63, 3.8) is 0 Å². The Kier molecular flexibility index (Phi) is 3.61. The molecule has 1 aliphatic rings. The van der Waals surface area contributed by atoms with Gasteiger partial charge in [0.2, 0.25) is 0 Å². The number of aryl methyl sites for hydroxylation is 1. The van der Waals surface area contributed by atoms with Crippen LogP contribution < -0.4 is 0 Å². The number of carbonyl (C=O) groups excluding carboxylic acids is 1. The van der Waals surface area contributed by atoms with Crippen LogP contribution >= 0.6 is 11.3 Å². The first-order valence-electron chi connectivity index (χ1n) is 7.89. The number of pyridine rings is 1. The highest BCUT2D eigenvalue weighted by Crippen LogP contribution is 2.35.